The molecule has 4 nitrogen and oxygen atoms in total. The number of aromatic nitrogens is 1. The van der Waals surface area contributed by atoms with Gasteiger partial charge >= 0.3 is 0 Å². The number of nitrogens with zero attached hydrogens (tertiary/aromatic N) is 1. The normalized spacial score (nSPS) is 10.6. The summed E-state index contributed by atoms with van der Waals surface area (Å²) in [6, 6.07) is 13.9. The van der Waals surface area contributed by atoms with Crippen molar-refractivity contribution in [2.24, 2.45) is 0 Å². The molecule has 0 aliphatic carbocycles. The molecule has 3 aromatic rings. The maximum atomic E-state index is 13.7. The molecule has 0 radical (unpaired) electrons. The lowest BCUT2D eigenvalue weighted by atomic mass is 10.2. The number of rotatable bonds is 5. The van der Waals surface area contributed by atoms with E-state index < -0.39 is 0 Å². The molecule has 1 aromatic heterocycles. The van der Waals surface area contributed by atoms with E-state index in [1.54, 1.807) is 18.2 Å². The van der Waals surface area contributed by atoms with Gasteiger partial charge in [-0.25, -0.2) is 9.37 Å². The van der Waals surface area contributed by atoms with Gasteiger partial charge in [-0.2, -0.15) is 0 Å². The number of nitrogens with one attached hydrogen (secondary N) is 1. The van der Waals surface area contributed by atoms with Crippen LogP contribution in [0, 0.1) is 9.39 Å². The molecule has 24 heavy (non-hydrogen) atoms. The van der Waals surface area contributed by atoms with Crippen LogP contribution in [0.4, 0.5) is 10.1 Å². The van der Waals surface area contributed by atoms with Crippen LogP contribution in [0.3, 0.4) is 0 Å². The van der Waals surface area contributed by atoms with Crippen molar-refractivity contribution in [1.29, 1.82) is 0 Å². The Bertz CT molecular complexity index is 863. The van der Waals surface area contributed by atoms with E-state index in [1.165, 1.54) is 12.3 Å². The van der Waals surface area contributed by atoms with Gasteiger partial charge in [0.2, 0.25) is 5.91 Å². The Morgan fingerprint density at radius 2 is 1.92 bits per heavy atom. The number of halogens is 2. The molecule has 0 aliphatic heterocycles. The van der Waals surface area contributed by atoms with Crippen LogP contribution in [0.25, 0.3) is 11.3 Å². The first-order chi connectivity index (χ1) is 11.6. The average Bonchev–Trinajstić information content (AvgIpc) is 3.04. The van der Waals surface area contributed by atoms with Crippen LogP contribution in [0.1, 0.15) is 12.3 Å². The van der Waals surface area contributed by atoms with Crippen molar-refractivity contribution >= 4 is 34.2 Å². The van der Waals surface area contributed by atoms with Gasteiger partial charge in [0.15, 0.2) is 11.7 Å². The Kier molecular flexibility index (Phi) is 5.24. The summed E-state index contributed by atoms with van der Waals surface area (Å²) in [5, 5.41) is 2.85. The summed E-state index contributed by atoms with van der Waals surface area (Å²) in [7, 11) is 0. The van der Waals surface area contributed by atoms with Crippen LogP contribution < -0.4 is 5.32 Å². The minimum absolute atomic E-state index is 0.121. The van der Waals surface area contributed by atoms with Crippen LogP contribution in [0.2, 0.25) is 0 Å². The number of oxazole rings is 1. The Labute approximate surface area is 152 Å². The summed E-state index contributed by atoms with van der Waals surface area (Å²) < 4.78 is 20.2. The third kappa shape index (κ3) is 4.00. The lowest BCUT2D eigenvalue weighted by Crippen LogP contribution is -2.13. The van der Waals surface area contributed by atoms with E-state index in [2.05, 4.69) is 32.9 Å². The number of benzene rings is 2. The quantitative estimate of drug-likeness (QED) is 0.593. The van der Waals surface area contributed by atoms with Crippen LogP contribution in [-0.2, 0) is 11.2 Å². The highest BCUT2D eigenvalue weighted by Crippen LogP contribution is 2.23. The second kappa shape index (κ2) is 7.57. The number of carbonyl (C=O) groups is 1. The average molecular weight is 436 g/mol. The van der Waals surface area contributed by atoms with E-state index in [-0.39, 0.29) is 18.1 Å². The molecule has 0 aliphatic rings. The van der Waals surface area contributed by atoms with Gasteiger partial charge in [0, 0.05) is 16.4 Å². The molecule has 1 N–H and O–H groups in total. The van der Waals surface area contributed by atoms with Crippen molar-refractivity contribution in [3.63, 3.8) is 0 Å². The maximum Gasteiger partial charge on any atom is 0.224 e. The predicted octanol–water partition coefficient (Wildman–Crippen LogP) is 4.66. The van der Waals surface area contributed by atoms with Crippen molar-refractivity contribution in [3.8, 4) is 11.3 Å². The number of carbonyl (C=O) groups excluding carboxylic acids is 1. The minimum Gasteiger partial charge on any atom is -0.441 e. The first-order valence-electron chi connectivity index (χ1n) is 7.37. The number of hydrogen-bond acceptors (Lipinski definition) is 3. The third-order valence-corrected chi connectivity index (χ3v) is 4.35. The van der Waals surface area contributed by atoms with Gasteiger partial charge in [0.1, 0.15) is 5.82 Å². The molecular formula is C18H14FIN2O2. The van der Waals surface area contributed by atoms with Gasteiger partial charge in [-0.15, -0.1) is 0 Å². The molecule has 0 unspecified atom stereocenters. The summed E-state index contributed by atoms with van der Waals surface area (Å²) >= 11 is 2.17. The van der Waals surface area contributed by atoms with E-state index in [4.69, 9.17) is 4.42 Å². The molecule has 0 saturated heterocycles. The highest BCUT2D eigenvalue weighted by molar-refractivity contribution is 14.1. The molecule has 3 rings (SSSR count). The van der Waals surface area contributed by atoms with Crippen LogP contribution in [-0.4, -0.2) is 10.9 Å². The monoisotopic (exact) mass is 436 g/mol. The highest BCUT2D eigenvalue weighted by atomic mass is 127. The van der Waals surface area contributed by atoms with Crippen molar-refractivity contribution < 1.29 is 13.6 Å². The molecule has 6 heteroatoms. The molecule has 2 aromatic carbocycles. The van der Waals surface area contributed by atoms with E-state index in [9.17, 15) is 9.18 Å². The number of para-hydroxylation sites is 1. The summed E-state index contributed by atoms with van der Waals surface area (Å²) in [6.07, 6.45) is 2.07. The molecule has 1 amide bonds. The lowest BCUT2D eigenvalue weighted by molar-refractivity contribution is -0.116. The van der Waals surface area contributed by atoms with Gasteiger partial charge in [0.25, 0.3) is 0 Å². The summed E-state index contributed by atoms with van der Waals surface area (Å²) in [4.78, 5) is 16.1. The van der Waals surface area contributed by atoms with Gasteiger partial charge in [0.05, 0.1) is 17.4 Å². The standard InChI is InChI=1S/C18H14FIN2O2/c19-13-6-2-1-5-12(13)16-11-21-18(24-16)10-9-17(23)22-15-8-4-3-7-14(15)20/h1-8,11H,9-10H2,(H,22,23). The van der Waals surface area contributed by atoms with Crippen molar-refractivity contribution in [1.82, 2.24) is 4.98 Å². The smallest absolute Gasteiger partial charge is 0.224 e. The lowest BCUT2D eigenvalue weighted by Gasteiger charge is -2.06. The number of hydrogen-bond donors (Lipinski definition) is 1. The minimum atomic E-state index is -0.364. The SMILES string of the molecule is O=C(CCc1ncc(-c2ccccc2F)o1)Nc1ccccc1I. The zero-order valence-corrected chi connectivity index (χ0v) is 14.8. The molecule has 0 fully saturated rings. The van der Waals surface area contributed by atoms with Gasteiger partial charge in [-0.1, -0.05) is 24.3 Å². The van der Waals surface area contributed by atoms with Crippen LogP contribution >= 0.6 is 22.6 Å². The first-order valence-corrected chi connectivity index (χ1v) is 8.45. The van der Waals surface area contributed by atoms with Crippen LogP contribution in [0.15, 0.2) is 59.1 Å². The van der Waals surface area contributed by atoms with E-state index >= 15 is 0 Å². The Morgan fingerprint density at radius 1 is 1.17 bits per heavy atom. The fourth-order valence-electron chi connectivity index (χ4n) is 2.21. The van der Waals surface area contributed by atoms with Crippen LogP contribution in [0.5, 0.6) is 0 Å². The second-order valence-electron chi connectivity index (χ2n) is 5.13. The molecular weight excluding hydrogens is 422 g/mol. The van der Waals surface area contributed by atoms with Crippen molar-refractivity contribution in [3.05, 3.63) is 70.0 Å². The largest absolute Gasteiger partial charge is 0.441 e. The number of amides is 1. The second-order valence-corrected chi connectivity index (χ2v) is 6.29. The molecule has 0 spiro atoms. The Balaban J connectivity index is 1.61. The third-order valence-electron chi connectivity index (χ3n) is 3.41. The Hall–Kier alpha value is -2.22. The predicted molar refractivity (Wildman–Crippen MR) is 98.0 cm³/mol. The molecule has 0 atom stereocenters. The molecule has 0 bridgehead atoms. The van der Waals surface area contributed by atoms with E-state index in [1.807, 2.05) is 24.3 Å². The van der Waals surface area contributed by atoms with Gasteiger partial charge < -0.3 is 9.73 Å². The van der Waals surface area contributed by atoms with E-state index in [0.29, 0.717) is 23.6 Å². The molecule has 122 valence electrons. The summed E-state index contributed by atoms with van der Waals surface area (Å²) in [5.41, 5.74) is 1.14. The van der Waals surface area contributed by atoms with Gasteiger partial charge in [-0.05, 0) is 46.9 Å². The van der Waals surface area contributed by atoms with E-state index in [0.717, 1.165) is 9.26 Å². The molecule has 0 saturated carbocycles. The number of aryl methyl sites for hydroxylation is 1. The summed E-state index contributed by atoms with van der Waals surface area (Å²) in [5.74, 6) is 0.286. The number of anilines is 1. The Morgan fingerprint density at radius 3 is 2.71 bits per heavy atom. The highest BCUT2D eigenvalue weighted by Gasteiger charge is 2.12. The van der Waals surface area contributed by atoms with Crippen molar-refractivity contribution in [2.75, 3.05) is 5.32 Å². The maximum absolute atomic E-state index is 13.7. The fraction of sp³-hybridized carbons (Fsp3) is 0.111. The zero-order chi connectivity index (χ0) is 16.9. The molecule has 1 heterocycles. The first kappa shape index (κ1) is 16.6. The fourth-order valence-corrected chi connectivity index (χ4v) is 2.73. The zero-order valence-electron chi connectivity index (χ0n) is 12.6. The van der Waals surface area contributed by atoms with Gasteiger partial charge in [-0.3, -0.25) is 4.79 Å². The van der Waals surface area contributed by atoms with Crippen molar-refractivity contribution in [2.45, 2.75) is 12.8 Å². The topological polar surface area (TPSA) is 55.1 Å². The summed E-state index contributed by atoms with van der Waals surface area (Å²) in [6.45, 7) is 0.